The molecule has 0 saturated carbocycles. The van der Waals surface area contributed by atoms with Crippen LogP contribution in [0.4, 0.5) is 0 Å². The van der Waals surface area contributed by atoms with Crippen LogP contribution in [0.15, 0.2) is 40.9 Å². The van der Waals surface area contributed by atoms with Crippen molar-refractivity contribution in [2.75, 3.05) is 11.5 Å². The molecule has 0 radical (unpaired) electrons. The summed E-state index contributed by atoms with van der Waals surface area (Å²) in [6, 6.07) is 9.64. The Balaban J connectivity index is 1.54. The van der Waals surface area contributed by atoms with Crippen molar-refractivity contribution in [2.24, 2.45) is 5.41 Å². The van der Waals surface area contributed by atoms with Gasteiger partial charge in [0.05, 0.1) is 11.6 Å². The normalized spacial score (nSPS) is 24.1. The molecule has 0 N–H and O–H groups in total. The number of likely N-dealkylation sites (tertiary alicyclic amines) is 1. The number of aromatic nitrogens is 1. The van der Waals surface area contributed by atoms with Crippen LogP contribution in [0.2, 0.25) is 0 Å². The molecule has 4 rings (SSSR count). The van der Waals surface area contributed by atoms with Gasteiger partial charge in [-0.3, -0.25) is 14.5 Å². The molecule has 2 aliphatic rings. The molecule has 5 nitrogen and oxygen atoms in total. The van der Waals surface area contributed by atoms with Crippen molar-refractivity contribution < 1.29 is 14.0 Å². The zero-order valence-electron chi connectivity index (χ0n) is 12.5. The van der Waals surface area contributed by atoms with Crippen molar-refractivity contribution in [1.29, 1.82) is 0 Å². The average Bonchev–Trinajstić information content (AvgIpc) is 3.27. The maximum Gasteiger partial charge on any atom is 0.237 e. The number of amides is 2. The molecule has 1 spiro atoms. The Morgan fingerprint density at radius 3 is 2.83 bits per heavy atom. The van der Waals surface area contributed by atoms with E-state index in [-0.39, 0.29) is 18.4 Å². The number of carbonyl (C=O) groups is 2. The van der Waals surface area contributed by atoms with Crippen LogP contribution in [-0.2, 0) is 16.1 Å². The summed E-state index contributed by atoms with van der Waals surface area (Å²) in [5.74, 6) is 2.56. The van der Waals surface area contributed by atoms with Crippen LogP contribution < -0.4 is 0 Å². The van der Waals surface area contributed by atoms with Gasteiger partial charge in [-0.15, -0.1) is 0 Å². The molecule has 23 heavy (non-hydrogen) atoms. The van der Waals surface area contributed by atoms with Gasteiger partial charge in [0.2, 0.25) is 17.7 Å². The summed E-state index contributed by atoms with van der Waals surface area (Å²) < 4.78 is 5.72. The van der Waals surface area contributed by atoms with E-state index in [1.165, 1.54) is 4.90 Å². The first-order chi connectivity index (χ1) is 11.2. The minimum absolute atomic E-state index is 0.0630. The smallest absolute Gasteiger partial charge is 0.237 e. The second-order valence-electron chi connectivity index (χ2n) is 6.03. The molecule has 2 aromatic rings. The Morgan fingerprint density at radius 1 is 1.26 bits per heavy atom. The Bertz CT molecular complexity index is 750. The second-order valence-corrected chi connectivity index (χ2v) is 7.13. The van der Waals surface area contributed by atoms with Gasteiger partial charge < -0.3 is 4.42 Å². The minimum Gasteiger partial charge on any atom is -0.439 e. The van der Waals surface area contributed by atoms with Gasteiger partial charge in [0.1, 0.15) is 6.54 Å². The molecule has 0 bridgehead atoms. The standard InChI is InChI=1S/C17H16N2O3S/c20-15-8-17(6-7-23-11-17)16(21)19(15)10-14-18-9-13(22-14)12-4-2-1-3-5-12/h1-5,9H,6-8,10-11H2/t17-/m1/s1. The maximum absolute atomic E-state index is 12.6. The van der Waals surface area contributed by atoms with Crippen LogP contribution in [0.1, 0.15) is 18.7 Å². The van der Waals surface area contributed by atoms with Gasteiger partial charge in [-0.25, -0.2) is 4.98 Å². The van der Waals surface area contributed by atoms with Crippen LogP contribution >= 0.6 is 11.8 Å². The van der Waals surface area contributed by atoms with Crippen LogP contribution in [0.5, 0.6) is 0 Å². The molecule has 118 valence electrons. The molecular weight excluding hydrogens is 312 g/mol. The summed E-state index contributed by atoms with van der Waals surface area (Å²) in [4.78, 5) is 30.4. The van der Waals surface area contributed by atoms with Gasteiger partial charge in [0.25, 0.3) is 0 Å². The van der Waals surface area contributed by atoms with Crippen LogP contribution in [0, 0.1) is 5.41 Å². The molecule has 1 atom stereocenters. The van der Waals surface area contributed by atoms with Crippen LogP contribution in [0.3, 0.4) is 0 Å². The highest BCUT2D eigenvalue weighted by Gasteiger charge is 2.53. The zero-order valence-corrected chi connectivity index (χ0v) is 13.3. The molecule has 6 heteroatoms. The molecular formula is C17H16N2O3S. The predicted octanol–water partition coefficient (Wildman–Crippen LogP) is 2.72. The summed E-state index contributed by atoms with van der Waals surface area (Å²) in [7, 11) is 0. The lowest BCUT2D eigenvalue weighted by atomic mass is 9.86. The summed E-state index contributed by atoms with van der Waals surface area (Å²) >= 11 is 1.75. The van der Waals surface area contributed by atoms with Crippen molar-refractivity contribution in [3.8, 4) is 11.3 Å². The number of hydrogen-bond acceptors (Lipinski definition) is 5. The molecule has 1 aromatic heterocycles. The molecule has 2 amide bonds. The van der Waals surface area contributed by atoms with Gasteiger partial charge in [-0.1, -0.05) is 30.3 Å². The molecule has 0 unspecified atom stereocenters. The first-order valence-electron chi connectivity index (χ1n) is 7.61. The van der Waals surface area contributed by atoms with Crippen molar-refractivity contribution in [3.05, 3.63) is 42.4 Å². The van der Waals surface area contributed by atoms with E-state index in [9.17, 15) is 9.59 Å². The lowest BCUT2D eigenvalue weighted by molar-refractivity contribution is -0.142. The van der Waals surface area contributed by atoms with Gasteiger partial charge in [-0.05, 0) is 12.2 Å². The number of thioether (sulfide) groups is 1. The van der Waals surface area contributed by atoms with Gasteiger partial charge in [0, 0.05) is 17.7 Å². The highest BCUT2D eigenvalue weighted by Crippen LogP contribution is 2.45. The predicted molar refractivity (Wildman–Crippen MR) is 86.5 cm³/mol. The lowest BCUT2D eigenvalue weighted by Gasteiger charge is -2.19. The summed E-state index contributed by atoms with van der Waals surface area (Å²) in [6.45, 7) is 0.122. The number of hydrogen-bond donors (Lipinski definition) is 0. The Labute approximate surface area is 138 Å². The number of benzene rings is 1. The van der Waals surface area contributed by atoms with E-state index in [2.05, 4.69) is 4.98 Å². The van der Waals surface area contributed by atoms with E-state index in [1.807, 2.05) is 30.3 Å². The average molecular weight is 328 g/mol. The molecule has 2 aliphatic heterocycles. The molecule has 1 aromatic carbocycles. The summed E-state index contributed by atoms with van der Waals surface area (Å²) in [5.41, 5.74) is 0.449. The molecule has 2 fully saturated rings. The summed E-state index contributed by atoms with van der Waals surface area (Å²) in [5, 5.41) is 0. The van der Waals surface area contributed by atoms with E-state index in [0.717, 1.165) is 23.5 Å². The fourth-order valence-corrected chi connectivity index (χ4v) is 4.63. The van der Waals surface area contributed by atoms with E-state index in [4.69, 9.17) is 4.42 Å². The van der Waals surface area contributed by atoms with Crippen molar-refractivity contribution in [3.63, 3.8) is 0 Å². The molecule has 0 aliphatic carbocycles. The van der Waals surface area contributed by atoms with E-state index in [0.29, 0.717) is 18.1 Å². The first kappa shape index (κ1) is 14.5. The largest absolute Gasteiger partial charge is 0.439 e. The maximum atomic E-state index is 12.6. The van der Waals surface area contributed by atoms with Gasteiger partial charge in [0.15, 0.2) is 5.76 Å². The van der Waals surface area contributed by atoms with Crippen LogP contribution in [-0.4, -0.2) is 33.2 Å². The molecule has 3 heterocycles. The lowest BCUT2D eigenvalue weighted by Crippen LogP contribution is -2.35. The third kappa shape index (κ3) is 2.47. The fraction of sp³-hybridized carbons (Fsp3) is 0.353. The van der Waals surface area contributed by atoms with Crippen molar-refractivity contribution in [2.45, 2.75) is 19.4 Å². The summed E-state index contributed by atoms with van der Waals surface area (Å²) in [6.07, 6.45) is 2.75. The van der Waals surface area contributed by atoms with Crippen molar-refractivity contribution in [1.82, 2.24) is 9.88 Å². The van der Waals surface area contributed by atoms with Gasteiger partial charge in [-0.2, -0.15) is 11.8 Å². The third-order valence-corrected chi connectivity index (χ3v) is 5.75. The zero-order chi connectivity index (χ0) is 15.9. The Hall–Kier alpha value is -2.08. The number of carbonyl (C=O) groups excluding carboxylic acids is 2. The SMILES string of the molecule is O=C1C[C@@]2(CCSC2)C(=O)N1Cc1ncc(-c2ccccc2)o1. The highest BCUT2D eigenvalue weighted by molar-refractivity contribution is 7.99. The first-order valence-corrected chi connectivity index (χ1v) is 8.76. The third-order valence-electron chi connectivity index (χ3n) is 4.50. The van der Waals surface area contributed by atoms with Crippen LogP contribution in [0.25, 0.3) is 11.3 Å². The highest BCUT2D eigenvalue weighted by atomic mass is 32.2. The number of oxazole rings is 1. The van der Waals surface area contributed by atoms with E-state index < -0.39 is 5.41 Å². The van der Waals surface area contributed by atoms with E-state index in [1.54, 1.807) is 18.0 Å². The number of nitrogens with zero attached hydrogens (tertiary/aromatic N) is 2. The Kier molecular flexibility index (Phi) is 3.49. The molecule has 2 saturated heterocycles. The number of rotatable bonds is 3. The second kappa shape index (κ2) is 5.53. The van der Waals surface area contributed by atoms with Crippen molar-refractivity contribution >= 4 is 23.6 Å². The topological polar surface area (TPSA) is 63.4 Å². The Morgan fingerprint density at radius 2 is 2.09 bits per heavy atom. The van der Waals surface area contributed by atoms with Gasteiger partial charge >= 0.3 is 0 Å². The van der Waals surface area contributed by atoms with E-state index >= 15 is 0 Å². The minimum atomic E-state index is -0.476. The number of imide groups is 1. The quantitative estimate of drug-likeness (QED) is 0.811. The monoisotopic (exact) mass is 328 g/mol. The fourth-order valence-electron chi connectivity index (χ4n) is 3.19.